The zero-order chi connectivity index (χ0) is 18.3. The second kappa shape index (κ2) is 23.9. The Balaban J connectivity index is 2.94. The molecular formula is C23H48O2. The summed E-state index contributed by atoms with van der Waals surface area (Å²) in [5.41, 5.74) is 0. The van der Waals surface area contributed by atoms with Crippen molar-refractivity contribution < 1.29 is 9.47 Å². The summed E-state index contributed by atoms with van der Waals surface area (Å²) in [5.74, 6) is 0. The van der Waals surface area contributed by atoms with E-state index < -0.39 is 0 Å². The fourth-order valence-corrected chi connectivity index (χ4v) is 3.17. The van der Waals surface area contributed by atoms with Crippen molar-refractivity contribution in [3.05, 3.63) is 0 Å². The Morgan fingerprint density at radius 1 is 0.320 bits per heavy atom. The topological polar surface area (TPSA) is 18.5 Å². The fourth-order valence-electron chi connectivity index (χ4n) is 3.17. The first-order valence-electron chi connectivity index (χ1n) is 11.6. The molecule has 2 heteroatoms. The third kappa shape index (κ3) is 23.9. The zero-order valence-corrected chi connectivity index (χ0v) is 17.7. The molecule has 0 saturated heterocycles. The van der Waals surface area contributed by atoms with Crippen molar-refractivity contribution in [2.45, 2.75) is 123 Å². The predicted octanol–water partition coefficient (Wildman–Crippen LogP) is 7.69. The van der Waals surface area contributed by atoms with Gasteiger partial charge in [0.05, 0.1) is 13.2 Å². The molecule has 0 aromatic rings. The summed E-state index contributed by atoms with van der Waals surface area (Å²) in [6.07, 6.45) is 23.4. The molecule has 0 radical (unpaired) electrons. The molecule has 25 heavy (non-hydrogen) atoms. The Morgan fingerprint density at radius 2 is 0.600 bits per heavy atom. The standard InChI is InChI=1S/C23H48O2/c1-3-5-7-9-10-11-12-13-14-15-16-17-19-21-25-23-22-24-20-18-8-6-4-2/h3-23H2,1-2H3. The van der Waals surface area contributed by atoms with Crippen LogP contribution in [0.15, 0.2) is 0 Å². The van der Waals surface area contributed by atoms with Crippen LogP contribution in [0.1, 0.15) is 123 Å². The molecule has 0 aliphatic rings. The summed E-state index contributed by atoms with van der Waals surface area (Å²) in [6, 6.07) is 0. The highest BCUT2D eigenvalue weighted by molar-refractivity contribution is 4.49. The Labute approximate surface area is 159 Å². The van der Waals surface area contributed by atoms with Crippen molar-refractivity contribution in [2.75, 3.05) is 26.4 Å². The zero-order valence-electron chi connectivity index (χ0n) is 17.7. The van der Waals surface area contributed by atoms with Gasteiger partial charge >= 0.3 is 0 Å². The lowest BCUT2D eigenvalue weighted by Gasteiger charge is -2.06. The monoisotopic (exact) mass is 356 g/mol. The summed E-state index contributed by atoms with van der Waals surface area (Å²) in [6.45, 7) is 7.89. The SMILES string of the molecule is CCCCCCCCCCCCCCCOCCOCCCCCC. The number of rotatable bonds is 22. The van der Waals surface area contributed by atoms with Crippen molar-refractivity contribution >= 4 is 0 Å². The molecule has 0 spiro atoms. The Kier molecular flexibility index (Phi) is 23.8. The van der Waals surface area contributed by atoms with Crippen molar-refractivity contribution in [3.8, 4) is 0 Å². The second-order valence-electron chi connectivity index (χ2n) is 7.53. The van der Waals surface area contributed by atoms with Gasteiger partial charge in [-0.2, -0.15) is 0 Å². The molecule has 2 nitrogen and oxygen atoms in total. The van der Waals surface area contributed by atoms with Crippen LogP contribution in [0.4, 0.5) is 0 Å². The van der Waals surface area contributed by atoms with Crippen LogP contribution in [-0.4, -0.2) is 26.4 Å². The van der Waals surface area contributed by atoms with E-state index in [1.807, 2.05) is 0 Å². The second-order valence-corrected chi connectivity index (χ2v) is 7.53. The van der Waals surface area contributed by atoms with Crippen LogP contribution in [0.2, 0.25) is 0 Å². The first-order chi connectivity index (χ1) is 12.4. The predicted molar refractivity (Wildman–Crippen MR) is 111 cm³/mol. The van der Waals surface area contributed by atoms with E-state index in [0.29, 0.717) is 0 Å². The quantitative estimate of drug-likeness (QED) is 0.185. The molecule has 0 saturated carbocycles. The first-order valence-corrected chi connectivity index (χ1v) is 11.6. The highest BCUT2D eigenvalue weighted by Crippen LogP contribution is 2.12. The van der Waals surface area contributed by atoms with Gasteiger partial charge in [0.1, 0.15) is 0 Å². The Morgan fingerprint density at radius 3 is 0.960 bits per heavy atom. The average molecular weight is 357 g/mol. The summed E-state index contributed by atoms with van der Waals surface area (Å²) < 4.78 is 11.2. The number of ether oxygens (including phenoxy) is 2. The van der Waals surface area contributed by atoms with E-state index in [1.54, 1.807) is 0 Å². The Hall–Kier alpha value is -0.0800. The minimum Gasteiger partial charge on any atom is -0.379 e. The maximum Gasteiger partial charge on any atom is 0.0700 e. The van der Waals surface area contributed by atoms with Crippen LogP contribution in [-0.2, 0) is 9.47 Å². The van der Waals surface area contributed by atoms with E-state index in [0.717, 1.165) is 26.4 Å². The summed E-state index contributed by atoms with van der Waals surface area (Å²) in [7, 11) is 0. The van der Waals surface area contributed by atoms with Crippen LogP contribution < -0.4 is 0 Å². The molecule has 0 atom stereocenters. The number of unbranched alkanes of at least 4 members (excludes halogenated alkanes) is 15. The van der Waals surface area contributed by atoms with Gasteiger partial charge in [0, 0.05) is 13.2 Å². The summed E-state index contributed by atoms with van der Waals surface area (Å²) in [4.78, 5) is 0. The van der Waals surface area contributed by atoms with Gasteiger partial charge in [0.25, 0.3) is 0 Å². The van der Waals surface area contributed by atoms with Crippen LogP contribution in [0, 0.1) is 0 Å². The van der Waals surface area contributed by atoms with E-state index in [9.17, 15) is 0 Å². The van der Waals surface area contributed by atoms with Crippen LogP contribution >= 0.6 is 0 Å². The van der Waals surface area contributed by atoms with E-state index in [-0.39, 0.29) is 0 Å². The van der Waals surface area contributed by atoms with Crippen molar-refractivity contribution in [1.29, 1.82) is 0 Å². The average Bonchev–Trinajstić information content (AvgIpc) is 2.63. The molecule has 0 aliphatic heterocycles. The van der Waals surface area contributed by atoms with Gasteiger partial charge in [0.15, 0.2) is 0 Å². The van der Waals surface area contributed by atoms with Crippen molar-refractivity contribution in [1.82, 2.24) is 0 Å². The van der Waals surface area contributed by atoms with Crippen molar-refractivity contribution in [3.63, 3.8) is 0 Å². The van der Waals surface area contributed by atoms with E-state index in [1.165, 1.54) is 109 Å². The maximum atomic E-state index is 5.64. The Bertz CT molecular complexity index is 196. The first kappa shape index (κ1) is 24.9. The van der Waals surface area contributed by atoms with E-state index >= 15 is 0 Å². The normalized spacial score (nSPS) is 11.3. The van der Waals surface area contributed by atoms with Crippen LogP contribution in [0.25, 0.3) is 0 Å². The lowest BCUT2D eigenvalue weighted by molar-refractivity contribution is 0.0449. The molecule has 0 aromatic carbocycles. The van der Waals surface area contributed by atoms with Crippen LogP contribution in [0.3, 0.4) is 0 Å². The van der Waals surface area contributed by atoms with Crippen LogP contribution in [0.5, 0.6) is 0 Å². The van der Waals surface area contributed by atoms with Gasteiger partial charge in [-0.25, -0.2) is 0 Å². The highest BCUT2D eigenvalue weighted by Gasteiger charge is 1.95. The molecule has 0 bridgehead atoms. The molecule has 0 N–H and O–H groups in total. The molecule has 0 heterocycles. The van der Waals surface area contributed by atoms with E-state index in [4.69, 9.17) is 9.47 Å². The van der Waals surface area contributed by atoms with Crippen molar-refractivity contribution in [2.24, 2.45) is 0 Å². The lowest BCUT2D eigenvalue weighted by atomic mass is 10.0. The minimum atomic E-state index is 0.768. The lowest BCUT2D eigenvalue weighted by Crippen LogP contribution is -2.06. The molecule has 0 fully saturated rings. The third-order valence-corrected chi connectivity index (χ3v) is 4.91. The molecule has 0 rings (SSSR count). The number of hydrogen-bond donors (Lipinski definition) is 0. The summed E-state index contributed by atoms with van der Waals surface area (Å²) >= 11 is 0. The van der Waals surface area contributed by atoms with E-state index in [2.05, 4.69) is 13.8 Å². The van der Waals surface area contributed by atoms with Gasteiger partial charge in [-0.3, -0.25) is 0 Å². The van der Waals surface area contributed by atoms with Gasteiger partial charge in [0.2, 0.25) is 0 Å². The fraction of sp³-hybridized carbons (Fsp3) is 1.00. The maximum absolute atomic E-state index is 5.64. The summed E-state index contributed by atoms with van der Waals surface area (Å²) in [5, 5.41) is 0. The van der Waals surface area contributed by atoms with Gasteiger partial charge in [-0.05, 0) is 12.8 Å². The van der Waals surface area contributed by atoms with Gasteiger partial charge < -0.3 is 9.47 Å². The molecule has 0 unspecified atom stereocenters. The smallest absolute Gasteiger partial charge is 0.0700 e. The minimum absolute atomic E-state index is 0.768. The molecule has 0 aliphatic carbocycles. The van der Waals surface area contributed by atoms with Gasteiger partial charge in [-0.15, -0.1) is 0 Å². The molecule has 0 amide bonds. The molecular weight excluding hydrogens is 308 g/mol. The highest BCUT2D eigenvalue weighted by atomic mass is 16.5. The molecule has 0 aromatic heterocycles. The number of hydrogen-bond acceptors (Lipinski definition) is 2. The molecule has 152 valence electrons. The largest absolute Gasteiger partial charge is 0.379 e. The third-order valence-electron chi connectivity index (χ3n) is 4.91. The van der Waals surface area contributed by atoms with Gasteiger partial charge in [-0.1, -0.05) is 110 Å².